The number of aliphatic hydroxyl groups is 2. The number of rotatable bonds is 2. The van der Waals surface area contributed by atoms with Gasteiger partial charge in [0.25, 0.3) is 0 Å². The standard InChI is InChI=1S/C29H46O5/c1-16(30)17-9-12-29(24(33)34)14-13-27(5)18(22(17)29)7-8-21-26(4)15-19(31)23(32)25(2,3)20(26)10-11-28(21,27)6/h17-23,31-32H,7-15H2,1-6H3,(H,33,34). The first kappa shape index (κ1) is 24.7. The van der Waals surface area contributed by atoms with Gasteiger partial charge in [-0.15, -0.1) is 0 Å². The molecule has 0 aromatic heterocycles. The second kappa shape index (κ2) is 7.31. The molecule has 192 valence electrons. The minimum Gasteiger partial charge on any atom is -0.481 e. The van der Waals surface area contributed by atoms with E-state index in [1.54, 1.807) is 6.92 Å². The Kier molecular flexibility index (Phi) is 5.32. The van der Waals surface area contributed by atoms with Crippen molar-refractivity contribution in [1.29, 1.82) is 0 Å². The summed E-state index contributed by atoms with van der Waals surface area (Å²) in [6.45, 7) is 13.2. The molecular formula is C29H46O5. The van der Waals surface area contributed by atoms with Gasteiger partial charge in [-0.1, -0.05) is 34.6 Å². The molecule has 0 aromatic rings. The van der Waals surface area contributed by atoms with Crippen LogP contribution in [0.1, 0.15) is 99.3 Å². The van der Waals surface area contributed by atoms with Gasteiger partial charge in [0.15, 0.2) is 0 Å². The van der Waals surface area contributed by atoms with E-state index in [0.29, 0.717) is 31.1 Å². The first-order valence-corrected chi connectivity index (χ1v) is 13.8. The molecule has 5 saturated carbocycles. The van der Waals surface area contributed by atoms with Crippen LogP contribution >= 0.6 is 0 Å². The monoisotopic (exact) mass is 474 g/mol. The van der Waals surface area contributed by atoms with Crippen LogP contribution in [0.2, 0.25) is 0 Å². The van der Waals surface area contributed by atoms with E-state index in [-0.39, 0.29) is 45.2 Å². The number of hydrogen-bond donors (Lipinski definition) is 3. The lowest BCUT2D eigenvalue weighted by atomic mass is 9.32. The fraction of sp³-hybridized carbons (Fsp3) is 0.931. The lowest BCUT2D eigenvalue weighted by Crippen LogP contribution is -2.68. The van der Waals surface area contributed by atoms with E-state index in [1.165, 1.54) is 0 Å². The molecule has 0 aromatic carbocycles. The summed E-state index contributed by atoms with van der Waals surface area (Å²) in [5.74, 6) is 0.343. The van der Waals surface area contributed by atoms with E-state index < -0.39 is 23.6 Å². The number of ketones is 1. The number of carboxylic acid groups (broad SMARTS) is 1. The Morgan fingerprint density at radius 2 is 1.47 bits per heavy atom. The van der Waals surface area contributed by atoms with Crippen molar-refractivity contribution >= 4 is 11.8 Å². The summed E-state index contributed by atoms with van der Waals surface area (Å²) in [6, 6.07) is 0. The number of carbonyl (C=O) groups excluding carboxylic acids is 1. The molecule has 34 heavy (non-hydrogen) atoms. The minimum atomic E-state index is -0.738. The fourth-order valence-electron chi connectivity index (χ4n) is 11.6. The van der Waals surface area contributed by atoms with Gasteiger partial charge in [0, 0.05) is 5.92 Å². The zero-order chi connectivity index (χ0) is 25.1. The van der Waals surface area contributed by atoms with Gasteiger partial charge in [0.2, 0.25) is 0 Å². The molecule has 0 amide bonds. The molecule has 0 saturated heterocycles. The Morgan fingerprint density at radius 1 is 0.794 bits per heavy atom. The Hall–Kier alpha value is -0.940. The second-order valence-corrected chi connectivity index (χ2v) is 14.4. The van der Waals surface area contributed by atoms with Crippen LogP contribution < -0.4 is 0 Å². The van der Waals surface area contributed by atoms with Crippen LogP contribution in [0, 0.1) is 56.7 Å². The lowest BCUT2D eigenvalue weighted by Gasteiger charge is -2.73. The summed E-state index contributed by atoms with van der Waals surface area (Å²) in [5.41, 5.74) is -1.11. The van der Waals surface area contributed by atoms with E-state index in [0.717, 1.165) is 38.5 Å². The summed E-state index contributed by atoms with van der Waals surface area (Å²) >= 11 is 0. The zero-order valence-corrected chi connectivity index (χ0v) is 22.1. The summed E-state index contributed by atoms with van der Waals surface area (Å²) in [7, 11) is 0. The molecule has 11 atom stereocenters. The van der Waals surface area contributed by atoms with Gasteiger partial charge in [-0.05, 0) is 110 Å². The quantitative estimate of drug-likeness (QED) is 0.519. The number of Topliss-reactive ketones (excluding diaryl/α,β-unsaturated/α-hetero) is 1. The maximum Gasteiger partial charge on any atom is 0.309 e. The molecule has 5 rings (SSSR count). The number of aliphatic carboxylic acids is 1. The van der Waals surface area contributed by atoms with Gasteiger partial charge in [0.1, 0.15) is 5.78 Å². The largest absolute Gasteiger partial charge is 0.481 e. The average molecular weight is 475 g/mol. The highest BCUT2D eigenvalue weighted by Crippen LogP contribution is 2.77. The van der Waals surface area contributed by atoms with Gasteiger partial charge in [-0.2, -0.15) is 0 Å². The highest BCUT2D eigenvalue weighted by Gasteiger charge is 2.72. The molecule has 0 aliphatic heterocycles. The highest BCUT2D eigenvalue weighted by atomic mass is 16.4. The molecule has 5 aliphatic carbocycles. The van der Waals surface area contributed by atoms with E-state index >= 15 is 0 Å². The normalized spacial score (nSPS) is 55.9. The number of fused-ring (bicyclic) bond motifs is 7. The van der Waals surface area contributed by atoms with E-state index in [9.17, 15) is 24.9 Å². The van der Waals surface area contributed by atoms with Crippen LogP contribution in [0.5, 0.6) is 0 Å². The van der Waals surface area contributed by atoms with Crippen LogP contribution in [-0.2, 0) is 9.59 Å². The molecule has 3 N–H and O–H groups in total. The Balaban J connectivity index is 1.57. The van der Waals surface area contributed by atoms with Crippen molar-refractivity contribution in [1.82, 2.24) is 0 Å². The summed E-state index contributed by atoms with van der Waals surface area (Å²) in [6.07, 6.45) is 6.31. The number of carbonyl (C=O) groups is 2. The molecule has 0 radical (unpaired) electrons. The second-order valence-electron chi connectivity index (χ2n) is 14.4. The van der Waals surface area contributed by atoms with Crippen LogP contribution in [0.3, 0.4) is 0 Å². The van der Waals surface area contributed by atoms with Gasteiger partial charge >= 0.3 is 5.97 Å². The van der Waals surface area contributed by atoms with Crippen molar-refractivity contribution in [3.05, 3.63) is 0 Å². The summed E-state index contributed by atoms with van der Waals surface area (Å²) < 4.78 is 0. The van der Waals surface area contributed by atoms with Crippen molar-refractivity contribution in [2.45, 2.75) is 112 Å². The van der Waals surface area contributed by atoms with E-state index in [1.807, 2.05) is 0 Å². The fourth-order valence-corrected chi connectivity index (χ4v) is 11.6. The van der Waals surface area contributed by atoms with Crippen LogP contribution in [0.25, 0.3) is 0 Å². The third-order valence-electron chi connectivity index (χ3n) is 13.3. The van der Waals surface area contributed by atoms with E-state index in [4.69, 9.17) is 0 Å². The maximum atomic E-state index is 12.7. The molecule has 5 fully saturated rings. The molecule has 0 spiro atoms. The molecule has 5 aliphatic rings. The Labute approximate surface area is 205 Å². The molecule has 0 bridgehead atoms. The van der Waals surface area contributed by atoms with Crippen LogP contribution in [-0.4, -0.2) is 39.3 Å². The van der Waals surface area contributed by atoms with Gasteiger partial charge < -0.3 is 15.3 Å². The first-order valence-electron chi connectivity index (χ1n) is 13.8. The minimum absolute atomic E-state index is 0.0172. The van der Waals surface area contributed by atoms with Crippen molar-refractivity contribution in [2.75, 3.05) is 0 Å². The van der Waals surface area contributed by atoms with Crippen molar-refractivity contribution in [3.8, 4) is 0 Å². The van der Waals surface area contributed by atoms with Crippen LogP contribution in [0.4, 0.5) is 0 Å². The zero-order valence-electron chi connectivity index (χ0n) is 22.1. The molecule has 5 nitrogen and oxygen atoms in total. The van der Waals surface area contributed by atoms with Crippen molar-refractivity contribution in [2.24, 2.45) is 56.7 Å². The third-order valence-corrected chi connectivity index (χ3v) is 13.3. The Bertz CT molecular complexity index is 897. The number of hydrogen-bond acceptors (Lipinski definition) is 4. The molecular weight excluding hydrogens is 428 g/mol. The maximum absolute atomic E-state index is 12.7. The molecule has 11 unspecified atom stereocenters. The van der Waals surface area contributed by atoms with Gasteiger partial charge in [-0.25, -0.2) is 0 Å². The van der Waals surface area contributed by atoms with Gasteiger partial charge in [-0.3, -0.25) is 9.59 Å². The van der Waals surface area contributed by atoms with E-state index in [2.05, 4.69) is 34.6 Å². The molecule has 5 heteroatoms. The first-order chi connectivity index (χ1) is 15.7. The third kappa shape index (κ3) is 2.75. The summed E-state index contributed by atoms with van der Waals surface area (Å²) in [5, 5.41) is 32.2. The van der Waals surface area contributed by atoms with Crippen LogP contribution in [0.15, 0.2) is 0 Å². The predicted octanol–water partition coefficient (Wildman–Crippen LogP) is 5.07. The summed E-state index contributed by atoms with van der Waals surface area (Å²) in [4.78, 5) is 25.4. The van der Waals surface area contributed by atoms with Crippen molar-refractivity contribution in [3.63, 3.8) is 0 Å². The Morgan fingerprint density at radius 3 is 2.09 bits per heavy atom. The number of aliphatic hydroxyl groups excluding tert-OH is 2. The molecule has 0 heterocycles. The average Bonchev–Trinajstić information content (AvgIpc) is 3.14. The smallest absolute Gasteiger partial charge is 0.309 e. The van der Waals surface area contributed by atoms with Gasteiger partial charge in [0.05, 0.1) is 17.6 Å². The predicted molar refractivity (Wildman–Crippen MR) is 130 cm³/mol. The number of carboxylic acids is 1. The highest BCUT2D eigenvalue weighted by molar-refractivity contribution is 5.83. The lowest BCUT2D eigenvalue weighted by molar-refractivity contribution is -0.263. The SMILES string of the molecule is CC(=O)C1CCC2(C(=O)O)CCC3(C)C(CCC4C5(C)CC(O)C(O)C(C)(C)C5CCC43C)C12. The topological polar surface area (TPSA) is 94.8 Å². The van der Waals surface area contributed by atoms with Crippen molar-refractivity contribution < 1.29 is 24.9 Å².